The third-order valence-electron chi connectivity index (χ3n) is 5.20. The Morgan fingerprint density at radius 2 is 2.05 bits per heavy atom. The van der Waals surface area contributed by atoms with Crippen molar-refractivity contribution in [3.63, 3.8) is 0 Å². The molecule has 1 aliphatic carbocycles. The van der Waals surface area contributed by atoms with Gasteiger partial charge in [-0.1, -0.05) is 6.42 Å². The minimum absolute atomic E-state index is 0.0694. The van der Waals surface area contributed by atoms with Crippen LogP contribution in [-0.2, 0) is 4.74 Å². The van der Waals surface area contributed by atoms with Crippen LogP contribution < -0.4 is 5.32 Å². The standard InChI is InChI=1S/C16H30N2O3/c1-4-21-16(20)17-15-8-14(12(3)19)9-18(10-15)11(2)13-6-5-7-13/h11-15,19H,4-10H2,1-3H3,(H,17,20). The van der Waals surface area contributed by atoms with Gasteiger partial charge >= 0.3 is 6.09 Å². The molecule has 1 aliphatic heterocycles. The van der Waals surface area contributed by atoms with Crippen molar-refractivity contribution >= 4 is 6.09 Å². The number of carbonyl (C=O) groups is 1. The van der Waals surface area contributed by atoms with E-state index in [2.05, 4.69) is 17.1 Å². The van der Waals surface area contributed by atoms with E-state index in [1.54, 1.807) is 0 Å². The molecule has 21 heavy (non-hydrogen) atoms. The van der Waals surface area contributed by atoms with Gasteiger partial charge in [0.1, 0.15) is 0 Å². The van der Waals surface area contributed by atoms with Gasteiger partial charge < -0.3 is 15.2 Å². The van der Waals surface area contributed by atoms with Gasteiger partial charge in [-0.05, 0) is 51.9 Å². The zero-order valence-corrected chi connectivity index (χ0v) is 13.5. The number of ether oxygens (including phenoxy) is 1. The van der Waals surface area contributed by atoms with E-state index in [0.29, 0.717) is 12.6 Å². The molecule has 2 fully saturated rings. The first-order valence-electron chi connectivity index (χ1n) is 8.36. The molecule has 4 unspecified atom stereocenters. The molecule has 1 saturated heterocycles. The van der Waals surface area contributed by atoms with E-state index in [4.69, 9.17) is 4.74 Å². The lowest BCUT2D eigenvalue weighted by molar-refractivity contribution is 0.00827. The van der Waals surface area contributed by atoms with Crippen LogP contribution in [0.2, 0.25) is 0 Å². The molecule has 1 amide bonds. The Hall–Kier alpha value is -0.810. The average Bonchev–Trinajstić information content (AvgIpc) is 2.36. The number of amides is 1. The van der Waals surface area contributed by atoms with Crippen LogP contribution in [0.1, 0.15) is 46.5 Å². The molecule has 0 bridgehead atoms. The molecule has 0 aromatic rings. The van der Waals surface area contributed by atoms with Gasteiger partial charge in [0.2, 0.25) is 0 Å². The van der Waals surface area contributed by atoms with Crippen molar-refractivity contribution in [2.24, 2.45) is 11.8 Å². The van der Waals surface area contributed by atoms with Gasteiger partial charge in [-0.2, -0.15) is 0 Å². The maximum absolute atomic E-state index is 11.7. The van der Waals surface area contributed by atoms with Gasteiger partial charge in [-0.15, -0.1) is 0 Å². The van der Waals surface area contributed by atoms with Crippen LogP contribution in [0.25, 0.3) is 0 Å². The van der Waals surface area contributed by atoms with Crippen LogP contribution in [-0.4, -0.2) is 54.0 Å². The minimum atomic E-state index is -0.343. The van der Waals surface area contributed by atoms with Crippen molar-refractivity contribution < 1.29 is 14.6 Å². The predicted molar refractivity (Wildman–Crippen MR) is 82.1 cm³/mol. The van der Waals surface area contributed by atoms with Gasteiger partial charge in [0, 0.05) is 25.2 Å². The molecule has 4 atom stereocenters. The van der Waals surface area contributed by atoms with Crippen LogP contribution in [0, 0.1) is 11.8 Å². The number of rotatable bonds is 5. The second kappa shape index (κ2) is 7.45. The highest BCUT2D eigenvalue weighted by Crippen LogP contribution is 2.34. The Balaban J connectivity index is 1.95. The summed E-state index contributed by atoms with van der Waals surface area (Å²) < 4.78 is 4.98. The van der Waals surface area contributed by atoms with Crippen LogP contribution in [0.4, 0.5) is 4.79 Å². The number of hydrogen-bond acceptors (Lipinski definition) is 4. The Bertz CT molecular complexity index is 344. The Morgan fingerprint density at radius 3 is 2.57 bits per heavy atom. The summed E-state index contributed by atoms with van der Waals surface area (Å²) in [5.41, 5.74) is 0. The summed E-state index contributed by atoms with van der Waals surface area (Å²) in [5.74, 6) is 0.995. The Labute approximate surface area is 128 Å². The smallest absolute Gasteiger partial charge is 0.407 e. The van der Waals surface area contributed by atoms with E-state index in [0.717, 1.165) is 25.4 Å². The van der Waals surface area contributed by atoms with E-state index < -0.39 is 0 Å². The Kier molecular flexibility index (Phi) is 5.88. The second-order valence-electron chi connectivity index (χ2n) is 6.68. The number of likely N-dealkylation sites (tertiary alicyclic amines) is 1. The molecule has 0 aromatic carbocycles. The molecule has 2 aliphatic rings. The number of aliphatic hydroxyl groups is 1. The summed E-state index contributed by atoms with van der Waals surface area (Å²) in [7, 11) is 0. The third kappa shape index (κ3) is 4.33. The fourth-order valence-electron chi connectivity index (χ4n) is 3.52. The van der Waals surface area contributed by atoms with E-state index in [1.807, 2.05) is 13.8 Å². The molecule has 0 aromatic heterocycles. The summed E-state index contributed by atoms with van der Waals surface area (Å²) in [5, 5.41) is 12.9. The van der Waals surface area contributed by atoms with E-state index in [-0.39, 0.29) is 24.2 Å². The number of hydrogen-bond donors (Lipinski definition) is 2. The molecular formula is C16H30N2O3. The topological polar surface area (TPSA) is 61.8 Å². The molecule has 2 rings (SSSR count). The van der Waals surface area contributed by atoms with Gasteiger partial charge in [0.15, 0.2) is 0 Å². The summed E-state index contributed by atoms with van der Waals surface area (Å²) in [6.07, 6.45) is 4.11. The molecule has 0 radical (unpaired) electrons. The molecule has 5 nitrogen and oxygen atoms in total. The lowest BCUT2D eigenvalue weighted by atomic mass is 9.78. The zero-order chi connectivity index (χ0) is 15.4. The lowest BCUT2D eigenvalue weighted by Gasteiger charge is -2.46. The van der Waals surface area contributed by atoms with Gasteiger partial charge in [0.05, 0.1) is 12.7 Å². The molecule has 1 heterocycles. The normalized spacial score (nSPS) is 30.3. The Morgan fingerprint density at radius 1 is 1.33 bits per heavy atom. The molecule has 5 heteroatoms. The maximum Gasteiger partial charge on any atom is 0.407 e. The monoisotopic (exact) mass is 298 g/mol. The predicted octanol–water partition coefficient (Wildman–Crippen LogP) is 1.99. The van der Waals surface area contributed by atoms with Crippen LogP contribution in [0.5, 0.6) is 0 Å². The van der Waals surface area contributed by atoms with E-state index in [1.165, 1.54) is 19.3 Å². The van der Waals surface area contributed by atoms with Crippen molar-refractivity contribution in [2.45, 2.75) is 64.6 Å². The number of aliphatic hydroxyl groups excluding tert-OH is 1. The van der Waals surface area contributed by atoms with E-state index in [9.17, 15) is 9.90 Å². The van der Waals surface area contributed by atoms with Crippen molar-refractivity contribution in [3.8, 4) is 0 Å². The average molecular weight is 298 g/mol. The first-order valence-corrected chi connectivity index (χ1v) is 8.36. The lowest BCUT2D eigenvalue weighted by Crippen LogP contribution is -2.56. The molecule has 2 N–H and O–H groups in total. The number of nitrogens with zero attached hydrogens (tertiary/aromatic N) is 1. The zero-order valence-electron chi connectivity index (χ0n) is 13.5. The summed E-state index contributed by atoms with van der Waals surface area (Å²) in [6, 6.07) is 0.603. The van der Waals surface area contributed by atoms with Crippen LogP contribution in [0.3, 0.4) is 0 Å². The molecule has 1 saturated carbocycles. The highest BCUT2D eigenvalue weighted by molar-refractivity contribution is 5.67. The van der Waals surface area contributed by atoms with Crippen LogP contribution >= 0.6 is 0 Å². The van der Waals surface area contributed by atoms with Crippen molar-refractivity contribution in [1.29, 1.82) is 0 Å². The number of nitrogens with one attached hydrogen (secondary N) is 1. The van der Waals surface area contributed by atoms with E-state index >= 15 is 0 Å². The third-order valence-corrected chi connectivity index (χ3v) is 5.20. The van der Waals surface area contributed by atoms with Crippen molar-refractivity contribution in [2.75, 3.05) is 19.7 Å². The number of piperidine rings is 1. The fourth-order valence-corrected chi connectivity index (χ4v) is 3.52. The first-order chi connectivity index (χ1) is 10.0. The van der Waals surface area contributed by atoms with Crippen molar-refractivity contribution in [1.82, 2.24) is 10.2 Å². The van der Waals surface area contributed by atoms with Crippen molar-refractivity contribution in [3.05, 3.63) is 0 Å². The highest BCUT2D eigenvalue weighted by atomic mass is 16.5. The second-order valence-corrected chi connectivity index (χ2v) is 6.68. The van der Waals surface area contributed by atoms with Gasteiger partial charge in [-0.25, -0.2) is 4.79 Å². The van der Waals surface area contributed by atoms with Gasteiger partial charge in [-0.3, -0.25) is 4.90 Å². The number of carbonyl (C=O) groups excluding carboxylic acids is 1. The first kappa shape index (κ1) is 16.6. The maximum atomic E-state index is 11.7. The summed E-state index contributed by atoms with van der Waals surface area (Å²) >= 11 is 0. The number of alkyl carbamates (subject to hydrolysis) is 1. The molecule has 0 spiro atoms. The SMILES string of the molecule is CCOC(=O)NC1CC(C(C)O)CN(C(C)C2CCC2)C1. The summed E-state index contributed by atoms with van der Waals surface area (Å²) in [4.78, 5) is 14.1. The fraction of sp³-hybridized carbons (Fsp3) is 0.938. The van der Waals surface area contributed by atoms with Gasteiger partial charge in [0.25, 0.3) is 0 Å². The quantitative estimate of drug-likeness (QED) is 0.815. The largest absolute Gasteiger partial charge is 0.450 e. The highest BCUT2D eigenvalue weighted by Gasteiger charge is 2.36. The minimum Gasteiger partial charge on any atom is -0.450 e. The molecular weight excluding hydrogens is 268 g/mol. The van der Waals surface area contributed by atoms with Crippen LogP contribution in [0.15, 0.2) is 0 Å². The summed E-state index contributed by atoms with van der Waals surface area (Å²) in [6.45, 7) is 8.12. The molecule has 122 valence electrons.